The number of hydrogen-bond acceptors (Lipinski definition) is 1. The first-order valence-electron chi connectivity index (χ1n) is 7.02. The summed E-state index contributed by atoms with van der Waals surface area (Å²) in [5.74, 6) is 3.50. The lowest BCUT2D eigenvalue weighted by Gasteiger charge is -2.31. The van der Waals surface area contributed by atoms with Crippen LogP contribution in [0.5, 0.6) is 0 Å². The summed E-state index contributed by atoms with van der Waals surface area (Å²) >= 11 is 0. The fourth-order valence-electron chi connectivity index (χ4n) is 3.11. The highest BCUT2D eigenvalue weighted by molar-refractivity contribution is 5.30. The molecule has 2 unspecified atom stereocenters. The van der Waals surface area contributed by atoms with Gasteiger partial charge in [0.05, 0.1) is 0 Å². The molecular weight excluding hydrogens is 218 g/mol. The van der Waals surface area contributed by atoms with Gasteiger partial charge in [-0.2, -0.15) is 0 Å². The molecule has 1 aromatic rings. The quantitative estimate of drug-likeness (QED) is 0.616. The molecule has 1 aromatic carbocycles. The molecule has 18 heavy (non-hydrogen) atoms. The highest BCUT2D eigenvalue weighted by Gasteiger charge is 2.24. The van der Waals surface area contributed by atoms with Crippen LogP contribution in [0.3, 0.4) is 0 Å². The Morgan fingerprint density at radius 1 is 1.39 bits per heavy atom. The molecule has 1 aliphatic rings. The van der Waals surface area contributed by atoms with E-state index >= 15 is 0 Å². The molecule has 1 aliphatic carbocycles. The molecule has 1 heteroatoms. The summed E-state index contributed by atoms with van der Waals surface area (Å²) in [4.78, 5) is 0. The van der Waals surface area contributed by atoms with E-state index in [1.54, 1.807) is 11.1 Å². The summed E-state index contributed by atoms with van der Waals surface area (Å²) in [5.41, 5.74) is 3.10. The van der Waals surface area contributed by atoms with Crippen molar-refractivity contribution in [2.45, 2.75) is 44.6 Å². The molecule has 0 heterocycles. The van der Waals surface area contributed by atoms with Crippen molar-refractivity contribution in [1.82, 2.24) is 5.32 Å². The van der Waals surface area contributed by atoms with Crippen LogP contribution in [0, 0.1) is 18.3 Å². The number of nitrogens with one attached hydrogen (secondary N) is 1. The Kier molecular flexibility index (Phi) is 4.84. The van der Waals surface area contributed by atoms with Gasteiger partial charge in [-0.05, 0) is 56.2 Å². The van der Waals surface area contributed by atoms with E-state index in [1.807, 2.05) is 0 Å². The van der Waals surface area contributed by atoms with Gasteiger partial charge in [0.1, 0.15) is 0 Å². The summed E-state index contributed by atoms with van der Waals surface area (Å²) < 4.78 is 0. The Hall–Kier alpha value is -1.26. The van der Waals surface area contributed by atoms with Crippen LogP contribution in [-0.4, -0.2) is 13.1 Å². The summed E-state index contributed by atoms with van der Waals surface area (Å²) in [6.45, 7) is 0. The first-order chi connectivity index (χ1) is 8.85. The molecule has 0 radical (unpaired) electrons. The minimum absolute atomic E-state index is 0.617. The van der Waals surface area contributed by atoms with Gasteiger partial charge in [0, 0.05) is 12.5 Å². The number of benzene rings is 1. The second-order valence-electron chi connectivity index (χ2n) is 5.26. The van der Waals surface area contributed by atoms with Gasteiger partial charge in [-0.25, -0.2) is 0 Å². The van der Waals surface area contributed by atoms with Crippen LogP contribution < -0.4 is 5.32 Å². The fourth-order valence-corrected chi connectivity index (χ4v) is 3.11. The van der Waals surface area contributed by atoms with E-state index < -0.39 is 0 Å². The van der Waals surface area contributed by atoms with Gasteiger partial charge < -0.3 is 5.32 Å². The van der Waals surface area contributed by atoms with E-state index in [9.17, 15) is 0 Å². The van der Waals surface area contributed by atoms with Crippen LogP contribution in [0.2, 0.25) is 0 Å². The molecule has 1 nitrogen and oxygen atoms in total. The Morgan fingerprint density at radius 3 is 2.89 bits per heavy atom. The van der Waals surface area contributed by atoms with Crippen LogP contribution in [0.4, 0.5) is 0 Å². The minimum Gasteiger partial charge on any atom is -0.317 e. The molecule has 96 valence electrons. The summed E-state index contributed by atoms with van der Waals surface area (Å²) in [6, 6.07) is 9.50. The smallest absolute Gasteiger partial charge is 0.00959 e. The van der Waals surface area contributed by atoms with E-state index in [0.717, 1.165) is 18.8 Å². The number of rotatable bonds is 5. The Balaban J connectivity index is 1.96. The van der Waals surface area contributed by atoms with Crippen molar-refractivity contribution in [2.24, 2.45) is 5.92 Å². The van der Waals surface area contributed by atoms with Gasteiger partial charge >= 0.3 is 0 Å². The van der Waals surface area contributed by atoms with Crippen molar-refractivity contribution in [3.8, 4) is 12.3 Å². The van der Waals surface area contributed by atoms with Crippen LogP contribution in [0.15, 0.2) is 24.3 Å². The monoisotopic (exact) mass is 241 g/mol. The van der Waals surface area contributed by atoms with E-state index in [1.165, 1.54) is 25.7 Å². The summed E-state index contributed by atoms with van der Waals surface area (Å²) in [7, 11) is 2.08. The van der Waals surface area contributed by atoms with E-state index in [2.05, 4.69) is 42.6 Å². The standard InChI is InChI=1S/C17H23N/c1-3-4-5-10-17(18-2)16-12-11-14-8-6-7-9-15(14)13-16/h1,6-9,16-18H,4-5,10-13H2,2H3. The van der Waals surface area contributed by atoms with E-state index in [-0.39, 0.29) is 0 Å². The largest absolute Gasteiger partial charge is 0.317 e. The van der Waals surface area contributed by atoms with Crippen LogP contribution in [0.1, 0.15) is 36.8 Å². The third-order valence-corrected chi connectivity index (χ3v) is 4.16. The van der Waals surface area contributed by atoms with Crippen molar-refractivity contribution in [3.05, 3.63) is 35.4 Å². The molecule has 2 atom stereocenters. The average Bonchev–Trinajstić information content (AvgIpc) is 2.43. The summed E-state index contributed by atoms with van der Waals surface area (Å²) in [5, 5.41) is 3.49. The number of hydrogen-bond donors (Lipinski definition) is 1. The normalized spacial score (nSPS) is 19.9. The van der Waals surface area contributed by atoms with Gasteiger partial charge in [0.2, 0.25) is 0 Å². The molecule has 0 bridgehead atoms. The predicted molar refractivity (Wildman–Crippen MR) is 77.5 cm³/mol. The minimum atomic E-state index is 0.617. The molecular formula is C17H23N. The third-order valence-electron chi connectivity index (χ3n) is 4.16. The van der Waals surface area contributed by atoms with E-state index in [4.69, 9.17) is 6.42 Å². The molecule has 2 rings (SSSR count). The number of unbranched alkanes of at least 4 members (excludes halogenated alkanes) is 1. The Labute approximate surface area is 111 Å². The molecule has 1 N–H and O–H groups in total. The SMILES string of the molecule is C#CCCCC(NC)C1CCc2ccccc2C1. The average molecular weight is 241 g/mol. The van der Waals surface area contributed by atoms with Gasteiger partial charge in [-0.3, -0.25) is 0 Å². The van der Waals surface area contributed by atoms with Crippen molar-refractivity contribution in [1.29, 1.82) is 0 Å². The molecule has 0 aromatic heterocycles. The highest BCUT2D eigenvalue weighted by atomic mass is 14.9. The number of aryl methyl sites for hydroxylation is 1. The number of fused-ring (bicyclic) bond motifs is 1. The molecule has 0 fully saturated rings. The zero-order chi connectivity index (χ0) is 12.8. The molecule has 0 spiro atoms. The topological polar surface area (TPSA) is 12.0 Å². The summed E-state index contributed by atoms with van der Waals surface area (Å²) in [6.07, 6.45) is 12.3. The lowest BCUT2D eigenvalue weighted by atomic mass is 9.79. The van der Waals surface area contributed by atoms with Crippen LogP contribution >= 0.6 is 0 Å². The maximum Gasteiger partial charge on any atom is 0.00959 e. The van der Waals surface area contributed by atoms with Crippen LogP contribution in [-0.2, 0) is 12.8 Å². The number of terminal acetylenes is 1. The van der Waals surface area contributed by atoms with Crippen molar-refractivity contribution in [3.63, 3.8) is 0 Å². The first kappa shape index (κ1) is 13.2. The third kappa shape index (κ3) is 3.15. The lowest BCUT2D eigenvalue weighted by molar-refractivity contribution is 0.316. The maximum absolute atomic E-state index is 5.33. The van der Waals surface area contributed by atoms with Crippen molar-refractivity contribution >= 4 is 0 Å². The zero-order valence-electron chi connectivity index (χ0n) is 11.3. The first-order valence-corrected chi connectivity index (χ1v) is 7.02. The van der Waals surface area contributed by atoms with Gasteiger partial charge in [-0.15, -0.1) is 12.3 Å². The zero-order valence-corrected chi connectivity index (χ0v) is 11.3. The lowest BCUT2D eigenvalue weighted by Crippen LogP contribution is -2.36. The molecule has 0 aliphatic heterocycles. The van der Waals surface area contributed by atoms with Gasteiger partial charge in [0.25, 0.3) is 0 Å². The Bertz CT molecular complexity index is 416. The predicted octanol–water partition coefficient (Wildman–Crippen LogP) is 3.18. The molecule has 0 amide bonds. The maximum atomic E-state index is 5.33. The van der Waals surface area contributed by atoms with Gasteiger partial charge in [-0.1, -0.05) is 24.3 Å². The van der Waals surface area contributed by atoms with Crippen molar-refractivity contribution in [2.75, 3.05) is 7.05 Å². The Morgan fingerprint density at radius 2 is 2.17 bits per heavy atom. The van der Waals surface area contributed by atoms with Gasteiger partial charge in [0.15, 0.2) is 0 Å². The highest BCUT2D eigenvalue weighted by Crippen LogP contribution is 2.29. The molecule has 0 saturated carbocycles. The second kappa shape index (κ2) is 6.61. The molecule has 0 saturated heterocycles. The van der Waals surface area contributed by atoms with Crippen molar-refractivity contribution < 1.29 is 0 Å². The fraction of sp³-hybridized carbons (Fsp3) is 0.529. The van der Waals surface area contributed by atoms with Crippen LogP contribution in [0.25, 0.3) is 0 Å². The second-order valence-corrected chi connectivity index (χ2v) is 5.26. The van der Waals surface area contributed by atoms with E-state index in [0.29, 0.717) is 6.04 Å².